The van der Waals surface area contributed by atoms with Gasteiger partial charge in [-0.15, -0.1) is 22.7 Å². The molecule has 0 radical (unpaired) electrons. The highest BCUT2D eigenvalue weighted by molar-refractivity contribution is 7.21. The van der Waals surface area contributed by atoms with Crippen molar-refractivity contribution in [2.75, 3.05) is 11.9 Å². The summed E-state index contributed by atoms with van der Waals surface area (Å²) in [5, 5.41) is 8.72. The smallest absolute Gasteiger partial charge is 0.341 e. The van der Waals surface area contributed by atoms with Gasteiger partial charge in [0.05, 0.1) is 22.7 Å². The van der Waals surface area contributed by atoms with E-state index in [9.17, 15) is 9.59 Å². The zero-order chi connectivity index (χ0) is 18.1. The third kappa shape index (κ3) is 3.32. The Hall–Kier alpha value is -2.19. The first-order valence-electron chi connectivity index (χ1n) is 7.98. The predicted molar refractivity (Wildman–Crippen MR) is 101 cm³/mol. The monoisotopic (exact) mass is 377 g/mol. The molecule has 0 aliphatic heterocycles. The largest absolute Gasteiger partial charge is 0.462 e. The summed E-state index contributed by atoms with van der Waals surface area (Å²) in [5.74, 6) is -0.638. The molecule has 0 aliphatic carbocycles. The van der Waals surface area contributed by atoms with E-state index in [-0.39, 0.29) is 5.91 Å². The van der Waals surface area contributed by atoms with Gasteiger partial charge in [0.2, 0.25) is 0 Å². The van der Waals surface area contributed by atoms with Crippen LogP contribution in [-0.2, 0) is 18.2 Å². The number of carbonyl (C=O) groups excluding carboxylic acids is 2. The Morgan fingerprint density at radius 3 is 2.68 bits per heavy atom. The van der Waals surface area contributed by atoms with E-state index in [0.717, 1.165) is 27.2 Å². The minimum atomic E-state index is -0.412. The number of thiophene rings is 2. The number of ether oxygens (including phenoxy) is 1. The van der Waals surface area contributed by atoms with Crippen LogP contribution in [-0.4, -0.2) is 28.3 Å². The fourth-order valence-electron chi connectivity index (χ4n) is 2.55. The first-order chi connectivity index (χ1) is 11.9. The van der Waals surface area contributed by atoms with Gasteiger partial charge in [0.15, 0.2) is 0 Å². The highest BCUT2D eigenvalue weighted by Crippen LogP contribution is 2.32. The third-order valence-corrected chi connectivity index (χ3v) is 6.17. The van der Waals surface area contributed by atoms with Crippen LogP contribution in [0.15, 0.2) is 12.1 Å². The van der Waals surface area contributed by atoms with Crippen molar-refractivity contribution in [3.8, 4) is 0 Å². The van der Waals surface area contributed by atoms with Crippen LogP contribution in [0.3, 0.4) is 0 Å². The lowest BCUT2D eigenvalue weighted by atomic mass is 10.2. The van der Waals surface area contributed by atoms with Gasteiger partial charge in [-0.2, -0.15) is 5.10 Å². The number of nitrogens with one attached hydrogen (secondary N) is 1. The number of anilines is 1. The number of carbonyl (C=O) groups is 2. The molecule has 6 nitrogen and oxygen atoms in total. The third-order valence-electron chi connectivity index (χ3n) is 3.77. The highest BCUT2D eigenvalue weighted by Gasteiger charge is 2.21. The summed E-state index contributed by atoms with van der Waals surface area (Å²) in [7, 11) is 1.86. The van der Waals surface area contributed by atoms with Gasteiger partial charge >= 0.3 is 5.97 Å². The summed E-state index contributed by atoms with van der Waals surface area (Å²) >= 11 is 2.79. The minimum absolute atomic E-state index is 0.226. The lowest BCUT2D eigenvalue weighted by Gasteiger charge is -2.04. The van der Waals surface area contributed by atoms with Gasteiger partial charge in [-0.1, -0.05) is 6.92 Å². The first kappa shape index (κ1) is 17.6. The van der Waals surface area contributed by atoms with Gasteiger partial charge in [-0.05, 0) is 32.4 Å². The van der Waals surface area contributed by atoms with E-state index in [2.05, 4.69) is 10.4 Å². The molecule has 8 heteroatoms. The number of fused-ring (bicyclic) bond motifs is 1. The minimum Gasteiger partial charge on any atom is -0.462 e. The van der Waals surface area contributed by atoms with Gasteiger partial charge < -0.3 is 10.1 Å². The van der Waals surface area contributed by atoms with Crippen molar-refractivity contribution < 1.29 is 14.3 Å². The van der Waals surface area contributed by atoms with E-state index in [4.69, 9.17) is 4.74 Å². The quantitative estimate of drug-likeness (QED) is 0.682. The van der Waals surface area contributed by atoms with Gasteiger partial charge in [0.25, 0.3) is 5.91 Å². The molecule has 0 bridgehead atoms. The van der Waals surface area contributed by atoms with Crippen LogP contribution in [0, 0.1) is 6.92 Å². The van der Waals surface area contributed by atoms with Gasteiger partial charge in [-0.3, -0.25) is 9.48 Å². The van der Waals surface area contributed by atoms with E-state index in [1.54, 1.807) is 17.7 Å². The zero-order valence-electron chi connectivity index (χ0n) is 14.5. The van der Waals surface area contributed by atoms with Crippen molar-refractivity contribution in [1.29, 1.82) is 0 Å². The second kappa shape index (κ2) is 6.97. The van der Waals surface area contributed by atoms with Crippen LogP contribution in [0.4, 0.5) is 5.00 Å². The maximum absolute atomic E-state index is 12.7. The lowest BCUT2D eigenvalue weighted by molar-refractivity contribution is 0.0528. The average Bonchev–Trinajstić information content (AvgIpc) is 3.24. The zero-order valence-corrected chi connectivity index (χ0v) is 16.1. The van der Waals surface area contributed by atoms with Crippen molar-refractivity contribution in [3.63, 3.8) is 0 Å². The molecule has 3 rings (SSSR count). The molecule has 1 N–H and O–H groups in total. The van der Waals surface area contributed by atoms with Crippen LogP contribution in [0.5, 0.6) is 0 Å². The van der Waals surface area contributed by atoms with Crippen molar-refractivity contribution in [2.45, 2.75) is 27.2 Å². The number of amides is 1. The van der Waals surface area contributed by atoms with E-state index in [1.165, 1.54) is 22.7 Å². The molecular formula is C17H19N3O3S2. The van der Waals surface area contributed by atoms with E-state index >= 15 is 0 Å². The van der Waals surface area contributed by atoms with Crippen LogP contribution in [0.25, 0.3) is 10.2 Å². The summed E-state index contributed by atoms with van der Waals surface area (Å²) in [6.45, 7) is 5.99. The molecule has 0 aromatic carbocycles. The fraction of sp³-hybridized carbons (Fsp3) is 0.353. The summed E-state index contributed by atoms with van der Waals surface area (Å²) in [6, 6.07) is 3.63. The molecule has 3 aromatic heterocycles. The number of aryl methyl sites for hydroxylation is 3. The van der Waals surface area contributed by atoms with Crippen LogP contribution in [0.2, 0.25) is 0 Å². The number of hydrogen-bond donors (Lipinski definition) is 1. The SMILES string of the molecule is CCOC(=O)c1cc(CC)sc1NC(=O)c1cc2c(C)nn(C)c2s1. The molecule has 3 heterocycles. The molecule has 0 spiro atoms. The van der Waals surface area contributed by atoms with Crippen molar-refractivity contribution in [2.24, 2.45) is 7.05 Å². The van der Waals surface area contributed by atoms with Crippen LogP contribution >= 0.6 is 22.7 Å². The van der Waals surface area contributed by atoms with Crippen molar-refractivity contribution in [1.82, 2.24) is 9.78 Å². The van der Waals surface area contributed by atoms with Gasteiger partial charge in [-0.25, -0.2) is 4.79 Å². The van der Waals surface area contributed by atoms with Gasteiger partial charge in [0.1, 0.15) is 9.83 Å². The molecule has 1 amide bonds. The normalized spacial score (nSPS) is 11.0. The second-order valence-electron chi connectivity index (χ2n) is 5.52. The molecule has 3 aromatic rings. The number of esters is 1. The number of aromatic nitrogens is 2. The molecule has 25 heavy (non-hydrogen) atoms. The molecule has 0 unspecified atom stereocenters. The molecule has 0 saturated heterocycles. The molecule has 0 atom stereocenters. The van der Waals surface area contributed by atoms with Crippen molar-refractivity contribution in [3.05, 3.63) is 33.1 Å². The Morgan fingerprint density at radius 1 is 1.28 bits per heavy atom. The Bertz CT molecular complexity index is 918. The Labute approximate surface area is 153 Å². The molecule has 0 fully saturated rings. The Morgan fingerprint density at radius 2 is 2.04 bits per heavy atom. The Balaban J connectivity index is 1.90. The number of rotatable bonds is 5. The van der Waals surface area contributed by atoms with Crippen LogP contribution < -0.4 is 5.32 Å². The predicted octanol–water partition coefficient (Wildman–Crippen LogP) is 4.00. The summed E-state index contributed by atoms with van der Waals surface area (Å²) in [4.78, 5) is 27.4. The fourth-order valence-corrected chi connectivity index (χ4v) is 4.55. The first-order valence-corrected chi connectivity index (χ1v) is 9.62. The van der Waals surface area contributed by atoms with Gasteiger partial charge in [0, 0.05) is 17.3 Å². The summed E-state index contributed by atoms with van der Waals surface area (Å²) < 4.78 is 6.86. The van der Waals surface area contributed by atoms with E-state index in [1.807, 2.05) is 27.0 Å². The molecule has 0 aliphatic rings. The summed E-state index contributed by atoms with van der Waals surface area (Å²) in [6.07, 6.45) is 0.792. The van der Waals surface area contributed by atoms with E-state index < -0.39 is 5.97 Å². The number of hydrogen-bond acceptors (Lipinski definition) is 6. The van der Waals surface area contributed by atoms with Crippen LogP contribution in [0.1, 0.15) is 44.4 Å². The number of nitrogens with zero attached hydrogens (tertiary/aromatic N) is 2. The topological polar surface area (TPSA) is 73.2 Å². The average molecular weight is 377 g/mol. The van der Waals surface area contributed by atoms with E-state index in [0.29, 0.717) is 22.0 Å². The maximum atomic E-state index is 12.7. The summed E-state index contributed by atoms with van der Waals surface area (Å²) in [5.41, 5.74) is 1.31. The molecular weight excluding hydrogens is 358 g/mol. The lowest BCUT2D eigenvalue weighted by Crippen LogP contribution is -2.13. The molecule has 0 saturated carbocycles. The highest BCUT2D eigenvalue weighted by atomic mass is 32.1. The maximum Gasteiger partial charge on any atom is 0.341 e. The Kier molecular flexibility index (Phi) is 4.91. The molecule has 132 valence electrons. The van der Waals surface area contributed by atoms with Crippen molar-refractivity contribution >= 4 is 49.8 Å². The second-order valence-corrected chi connectivity index (χ2v) is 7.69. The standard InChI is InChI=1S/C17H19N3O3S2/c1-5-10-7-12(17(22)23-6-2)15(24-10)18-14(21)13-8-11-9(3)19-20(4)16(11)25-13/h7-8H,5-6H2,1-4H3,(H,18,21).